The summed E-state index contributed by atoms with van der Waals surface area (Å²) in [5.74, 6) is -0.773. The summed E-state index contributed by atoms with van der Waals surface area (Å²) in [7, 11) is 0. The Labute approximate surface area is 142 Å². The lowest BCUT2D eigenvalue weighted by molar-refractivity contribution is -0.176. The van der Waals surface area contributed by atoms with Gasteiger partial charge in [-0.1, -0.05) is 24.3 Å². The molecule has 2 amide bonds. The maximum absolute atomic E-state index is 12.7. The average molecular weight is 351 g/mol. The van der Waals surface area contributed by atoms with Gasteiger partial charge in [-0.15, -0.1) is 0 Å². The number of hydrogen-bond acceptors (Lipinski definition) is 3. The van der Waals surface area contributed by atoms with E-state index in [1.54, 1.807) is 24.3 Å². The topological polar surface area (TPSA) is 46.6 Å². The van der Waals surface area contributed by atoms with Crippen molar-refractivity contribution in [3.63, 3.8) is 0 Å². The molecule has 1 saturated heterocycles. The van der Waals surface area contributed by atoms with Crippen molar-refractivity contribution in [2.45, 2.75) is 19.2 Å². The van der Waals surface area contributed by atoms with Crippen LogP contribution in [0.5, 0.6) is 0 Å². The molecule has 25 heavy (non-hydrogen) atoms. The van der Waals surface area contributed by atoms with Crippen LogP contribution in [0, 0.1) is 23.7 Å². The molecular formula is C18H16F3NO3. The SMILES string of the molecule is O=C1[C@@H]2[C@@H](C(=O)N1c1cccc(COCC(F)(F)F)c1)[C@H]1C=C[C@H]2C1. The van der Waals surface area contributed by atoms with Crippen LogP contribution in [-0.2, 0) is 20.9 Å². The van der Waals surface area contributed by atoms with Gasteiger partial charge in [0.15, 0.2) is 0 Å². The van der Waals surface area contributed by atoms with Crippen molar-refractivity contribution in [3.8, 4) is 0 Å². The molecular weight excluding hydrogens is 335 g/mol. The minimum absolute atomic E-state index is 0.120. The maximum Gasteiger partial charge on any atom is 0.411 e. The van der Waals surface area contributed by atoms with Crippen LogP contribution in [0.25, 0.3) is 0 Å². The van der Waals surface area contributed by atoms with Crippen LogP contribution in [0.3, 0.4) is 0 Å². The molecule has 3 aliphatic rings. The number of imide groups is 1. The number of benzene rings is 1. The number of rotatable bonds is 4. The van der Waals surface area contributed by atoms with E-state index >= 15 is 0 Å². The third-order valence-electron chi connectivity index (χ3n) is 5.17. The standard InChI is InChI=1S/C18H16F3NO3/c19-18(20,21)9-25-8-10-2-1-3-13(6-10)22-16(23)14-11-4-5-12(7-11)15(14)17(22)24/h1-6,11-12,14-15H,7-9H2/t11-,12-,14-,15-/m0/s1. The van der Waals surface area contributed by atoms with E-state index in [1.807, 2.05) is 12.2 Å². The van der Waals surface area contributed by atoms with Crippen LogP contribution in [0.15, 0.2) is 36.4 Å². The molecule has 0 spiro atoms. The first kappa shape index (κ1) is 16.3. The fourth-order valence-corrected chi connectivity index (χ4v) is 4.23. The number of carbonyl (C=O) groups is 2. The second-order valence-corrected chi connectivity index (χ2v) is 6.79. The summed E-state index contributed by atoms with van der Waals surface area (Å²) in [6.45, 7) is -1.57. The van der Waals surface area contributed by atoms with Gasteiger partial charge in [0.05, 0.1) is 24.1 Å². The highest BCUT2D eigenvalue weighted by Crippen LogP contribution is 2.53. The smallest absolute Gasteiger partial charge is 0.367 e. The zero-order chi connectivity index (χ0) is 17.8. The van der Waals surface area contributed by atoms with E-state index in [0.29, 0.717) is 11.3 Å². The van der Waals surface area contributed by atoms with Crippen LogP contribution in [0.2, 0.25) is 0 Å². The molecule has 0 unspecified atom stereocenters. The summed E-state index contributed by atoms with van der Waals surface area (Å²) in [6, 6.07) is 6.39. The van der Waals surface area contributed by atoms with Gasteiger partial charge in [-0.25, -0.2) is 0 Å². The zero-order valence-corrected chi connectivity index (χ0v) is 13.2. The Hall–Kier alpha value is -2.15. The Morgan fingerprint density at radius 3 is 2.32 bits per heavy atom. The number of fused-ring (bicyclic) bond motifs is 5. The largest absolute Gasteiger partial charge is 0.411 e. The van der Waals surface area contributed by atoms with E-state index in [1.165, 1.54) is 4.90 Å². The molecule has 132 valence electrons. The number of nitrogens with zero attached hydrogens (tertiary/aromatic N) is 1. The van der Waals surface area contributed by atoms with Crippen molar-refractivity contribution in [2.24, 2.45) is 23.7 Å². The van der Waals surface area contributed by atoms with Crippen molar-refractivity contribution in [1.82, 2.24) is 0 Å². The lowest BCUT2D eigenvalue weighted by Crippen LogP contribution is -2.32. The fourth-order valence-electron chi connectivity index (χ4n) is 4.23. The van der Waals surface area contributed by atoms with Gasteiger partial charge in [-0.3, -0.25) is 14.5 Å². The van der Waals surface area contributed by atoms with E-state index < -0.39 is 12.8 Å². The molecule has 4 atom stereocenters. The van der Waals surface area contributed by atoms with Crippen molar-refractivity contribution >= 4 is 17.5 Å². The summed E-state index contributed by atoms with van der Waals surface area (Å²) < 4.78 is 41.2. The summed E-state index contributed by atoms with van der Waals surface area (Å²) in [5, 5.41) is 0. The predicted octanol–water partition coefficient (Wildman–Crippen LogP) is 3.08. The lowest BCUT2D eigenvalue weighted by atomic mass is 9.85. The summed E-state index contributed by atoms with van der Waals surface area (Å²) in [4.78, 5) is 26.7. The number of allylic oxidation sites excluding steroid dienone is 2. The monoisotopic (exact) mass is 351 g/mol. The van der Waals surface area contributed by atoms with Crippen molar-refractivity contribution in [2.75, 3.05) is 11.5 Å². The quantitative estimate of drug-likeness (QED) is 0.619. The highest BCUT2D eigenvalue weighted by Gasteiger charge is 2.59. The summed E-state index contributed by atoms with van der Waals surface area (Å²) >= 11 is 0. The Bertz CT molecular complexity index is 728. The first-order valence-electron chi connectivity index (χ1n) is 8.15. The van der Waals surface area contributed by atoms with Gasteiger partial charge in [0.1, 0.15) is 6.61 Å². The van der Waals surface area contributed by atoms with Crippen LogP contribution in [-0.4, -0.2) is 24.6 Å². The first-order chi connectivity index (χ1) is 11.8. The number of hydrogen-bond donors (Lipinski definition) is 0. The maximum atomic E-state index is 12.7. The number of ether oxygens (including phenoxy) is 1. The first-order valence-corrected chi connectivity index (χ1v) is 8.15. The average Bonchev–Trinajstić information content (AvgIpc) is 3.20. The molecule has 2 aliphatic carbocycles. The zero-order valence-electron chi connectivity index (χ0n) is 13.2. The van der Waals surface area contributed by atoms with Crippen molar-refractivity contribution in [1.29, 1.82) is 0 Å². The molecule has 4 nitrogen and oxygen atoms in total. The predicted molar refractivity (Wildman–Crippen MR) is 82.4 cm³/mol. The second-order valence-electron chi connectivity index (χ2n) is 6.79. The number of amides is 2. The van der Waals surface area contributed by atoms with E-state index in [4.69, 9.17) is 0 Å². The van der Waals surface area contributed by atoms with Gasteiger partial charge in [-0.05, 0) is 36.0 Å². The Morgan fingerprint density at radius 1 is 1.08 bits per heavy atom. The molecule has 7 heteroatoms. The molecule has 0 N–H and O–H groups in total. The van der Waals surface area contributed by atoms with Gasteiger partial charge in [-0.2, -0.15) is 13.2 Å². The Morgan fingerprint density at radius 2 is 1.72 bits per heavy atom. The van der Waals surface area contributed by atoms with Crippen molar-refractivity contribution < 1.29 is 27.5 Å². The Balaban J connectivity index is 1.52. The number of halogens is 3. The normalized spacial score (nSPS) is 30.4. The number of anilines is 1. The van der Waals surface area contributed by atoms with Crippen molar-refractivity contribution in [3.05, 3.63) is 42.0 Å². The number of alkyl halides is 3. The third-order valence-corrected chi connectivity index (χ3v) is 5.17. The van der Waals surface area contributed by atoms with Crippen LogP contribution in [0.1, 0.15) is 12.0 Å². The highest BCUT2D eigenvalue weighted by molar-refractivity contribution is 6.22. The van der Waals surface area contributed by atoms with E-state index in [2.05, 4.69) is 4.74 Å². The molecule has 4 rings (SSSR count). The third kappa shape index (κ3) is 2.76. The molecule has 1 aromatic rings. The molecule has 2 bridgehead atoms. The molecule has 1 saturated carbocycles. The van der Waals surface area contributed by atoms with Crippen LogP contribution >= 0.6 is 0 Å². The summed E-state index contributed by atoms with van der Waals surface area (Å²) in [5.41, 5.74) is 0.886. The van der Waals surface area contributed by atoms with E-state index in [9.17, 15) is 22.8 Å². The minimum atomic E-state index is -4.39. The lowest BCUT2D eigenvalue weighted by Gasteiger charge is -2.18. The molecule has 0 aromatic heterocycles. The molecule has 1 heterocycles. The van der Waals surface area contributed by atoms with E-state index in [0.717, 1.165) is 6.42 Å². The molecule has 1 aliphatic heterocycles. The van der Waals surface area contributed by atoms with E-state index in [-0.39, 0.29) is 42.1 Å². The highest BCUT2D eigenvalue weighted by atomic mass is 19.4. The Kier molecular flexibility index (Phi) is 3.72. The molecule has 0 radical (unpaired) electrons. The minimum Gasteiger partial charge on any atom is -0.367 e. The summed E-state index contributed by atoms with van der Waals surface area (Å²) in [6.07, 6.45) is 0.498. The second kappa shape index (κ2) is 5.69. The van der Waals surface area contributed by atoms with Gasteiger partial charge in [0, 0.05) is 0 Å². The van der Waals surface area contributed by atoms with Crippen LogP contribution < -0.4 is 4.90 Å². The molecule has 1 aromatic carbocycles. The molecule has 2 fully saturated rings. The van der Waals surface area contributed by atoms with Gasteiger partial charge >= 0.3 is 6.18 Å². The van der Waals surface area contributed by atoms with Crippen LogP contribution in [0.4, 0.5) is 18.9 Å². The van der Waals surface area contributed by atoms with Gasteiger partial charge < -0.3 is 4.74 Å². The fraction of sp³-hybridized carbons (Fsp3) is 0.444. The number of carbonyl (C=O) groups excluding carboxylic acids is 2. The van der Waals surface area contributed by atoms with Gasteiger partial charge in [0.25, 0.3) is 0 Å². The van der Waals surface area contributed by atoms with Gasteiger partial charge in [0.2, 0.25) is 11.8 Å².